The molecule has 2 aromatic carbocycles. The summed E-state index contributed by atoms with van der Waals surface area (Å²) in [5, 5.41) is 6.42. The second-order valence-electron chi connectivity index (χ2n) is 7.42. The van der Waals surface area contributed by atoms with Crippen molar-refractivity contribution in [3.8, 4) is 0 Å². The van der Waals surface area contributed by atoms with E-state index in [0.29, 0.717) is 23.4 Å². The van der Waals surface area contributed by atoms with Crippen LogP contribution < -0.4 is 10.6 Å². The van der Waals surface area contributed by atoms with E-state index in [2.05, 4.69) is 10.6 Å². The van der Waals surface area contributed by atoms with Crippen molar-refractivity contribution in [2.75, 3.05) is 0 Å². The maximum absolute atomic E-state index is 12.9. The summed E-state index contributed by atoms with van der Waals surface area (Å²) < 4.78 is 0. The summed E-state index contributed by atoms with van der Waals surface area (Å²) in [6.07, 6.45) is 4.53. The average molecular weight is 413 g/mol. The summed E-state index contributed by atoms with van der Waals surface area (Å²) in [5.41, 5.74) is 1.50. The van der Waals surface area contributed by atoms with Crippen LogP contribution in [0.2, 0.25) is 5.02 Å². The molecule has 152 valence electrons. The number of hydrogen-bond acceptors (Lipinski definition) is 3. The van der Waals surface area contributed by atoms with E-state index in [1.807, 2.05) is 30.3 Å². The highest BCUT2D eigenvalue weighted by atomic mass is 35.5. The molecule has 6 heteroatoms. The normalized spacial score (nSPS) is 19.8. The van der Waals surface area contributed by atoms with Gasteiger partial charge in [-0.1, -0.05) is 54.8 Å². The maximum atomic E-state index is 12.9. The Labute approximate surface area is 175 Å². The zero-order valence-electron chi connectivity index (χ0n) is 16.1. The van der Waals surface area contributed by atoms with Gasteiger partial charge in [0.25, 0.3) is 5.91 Å². The minimum atomic E-state index is -0.584. The lowest BCUT2D eigenvalue weighted by atomic mass is 9.83. The van der Waals surface area contributed by atoms with Gasteiger partial charge in [0.2, 0.25) is 5.91 Å². The summed E-state index contributed by atoms with van der Waals surface area (Å²) in [5.74, 6) is -0.750. The van der Waals surface area contributed by atoms with Crippen LogP contribution in [0.1, 0.15) is 41.6 Å². The van der Waals surface area contributed by atoms with Gasteiger partial charge in [0.05, 0.1) is 12.0 Å². The van der Waals surface area contributed by atoms with Gasteiger partial charge in [-0.15, -0.1) is 0 Å². The lowest BCUT2D eigenvalue weighted by Gasteiger charge is -2.32. The number of hydrogen-bond donors (Lipinski definition) is 2. The molecule has 1 fully saturated rings. The van der Waals surface area contributed by atoms with Crippen LogP contribution in [-0.4, -0.2) is 30.2 Å². The third-order valence-corrected chi connectivity index (χ3v) is 5.57. The van der Waals surface area contributed by atoms with Crippen LogP contribution >= 0.6 is 11.6 Å². The van der Waals surface area contributed by atoms with Crippen molar-refractivity contribution >= 4 is 29.7 Å². The molecule has 0 aliphatic heterocycles. The summed E-state index contributed by atoms with van der Waals surface area (Å²) in [6, 6.07) is 15.4. The van der Waals surface area contributed by atoms with Gasteiger partial charge in [0, 0.05) is 16.6 Å². The Bertz CT molecular complexity index is 839. The van der Waals surface area contributed by atoms with Crippen LogP contribution in [0.3, 0.4) is 0 Å². The molecule has 0 aromatic heterocycles. The number of halogens is 1. The van der Waals surface area contributed by atoms with E-state index in [4.69, 9.17) is 11.6 Å². The van der Waals surface area contributed by atoms with Gasteiger partial charge in [-0.3, -0.25) is 9.59 Å². The highest BCUT2D eigenvalue weighted by molar-refractivity contribution is 6.30. The summed E-state index contributed by atoms with van der Waals surface area (Å²) in [7, 11) is 0. The van der Waals surface area contributed by atoms with Crippen molar-refractivity contribution in [3.05, 3.63) is 70.7 Å². The van der Waals surface area contributed by atoms with E-state index in [0.717, 1.165) is 31.1 Å². The number of aldehydes is 1. The molecule has 0 radical (unpaired) electrons. The SMILES string of the molecule is O=CC(Cc1ccccc1)NC(=O)C1CCCCC1NC(=O)c1ccc(Cl)cc1. The molecule has 2 aromatic rings. The quantitative estimate of drug-likeness (QED) is 0.683. The molecule has 1 aliphatic carbocycles. The predicted octanol–water partition coefficient (Wildman–Crippen LogP) is 3.56. The molecule has 2 N–H and O–H groups in total. The van der Waals surface area contributed by atoms with E-state index in [1.165, 1.54) is 0 Å². The average Bonchev–Trinajstić information content (AvgIpc) is 2.74. The molecule has 0 bridgehead atoms. The second-order valence-corrected chi connectivity index (χ2v) is 7.86. The smallest absolute Gasteiger partial charge is 0.251 e. The first-order valence-corrected chi connectivity index (χ1v) is 10.3. The lowest BCUT2D eigenvalue weighted by molar-refractivity contribution is -0.129. The summed E-state index contributed by atoms with van der Waals surface area (Å²) in [6.45, 7) is 0. The molecule has 3 unspecified atom stereocenters. The fourth-order valence-corrected chi connectivity index (χ4v) is 3.89. The van der Waals surface area contributed by atoms with E-state index in [1.54, 1.807) is 24.3 Å². The first-order chi connectivity index (χ1) is 14.1. The number of rotatable bonds is 7. The highest BCUT2D eigenvalue weighted by Crippen LogP contribution is 2.25. The topological polar surface area (TPSA) is 75.3 Å². The van der Waals surface area contributed by atoms with Gasteiger partial charge in [-0.2, -0.15) is 0 Å². The Morgan fingerprint density at radius 1 is 1.03 bits per heavy atom. The number of carbonyl (C=O) groups is 3. The Balaban J connectivity index is 1.63. The molecule has 3 rings (SSSR count). The summed E-state index contributed by atoms with van der Waals surface area (Å²) >= 11 is 5.88. The van der Waals surface area contributed by atoms with Gasteiger partial charge in [-0.25, -0.2) is 0 Å². The third kappa shape index (κ3) is 5.91. The number of nitrogens with one attached hydrogen (secondary N) is 2. The molecule has 2 amide bonds. The largest absolute Gasteiger partial charge is 0.349 e. The Hall–Kier alpha value is -2.66. The van der Waals surface area contributed by atoms with Crippen molar-refractivity contribution in [2.45, 2.75) is 44.2 Å². The molecule has 29 heavy (non-hydrogen) atoms. The van der Waals surface area contributed by atoms with Crippen LogP contribution in [0.4, 0.5) is 0 Å². The molecule has 0 heterocycles. The molecule has 5 nitrogen and oxygen atoms in total. The Morgan fingerprint density at radius 2 is 1.72 bits per heavy atom. The van der Waals surface area contributed by atoms with Crippen LogP contribution in [0.25, 0.3) is 0 Å². The number of amides is 2. The monoisotopic (exact) mass is 412 g/mol. The molecule has 3 atom stereocenters. The first kappa shape index (κ1) is 21.1. The van der Waals surface area contributed by atoms with Gasteiger partial charge in [0.15, 0.2) is 0 Å². The molecule has 1 saturated carbocycles. The van der Waals surface area contributed by atoms with Crippen LogP contribution in [0, 0.1) is 5.92 Å². The second kappa shape index (κ2) is 10.2. The zero-order valence-corrected chi connectivity index (χ0v) is 16.9. The fourth-order valence-electron chi connectivity index (χ4n) is 3.76. The van der Waals surface area contributed by atoms with E-state index < -0.39 is 6.04 Å². The standard InChI is InChI=1S/C23H25ClN2O3/c24-18-12-10-17(11-13-18)22(28)26-21-9-5-4-8-20(21)23(29)25-19(15-27)14-16-6-2-1-3-7-16/h1-3,6-7,10-13,15,19-21H,4-5,8-9,14H2,(H,25,29)(H,26,28). The van der Waals surface area contributed by atoms with E-state index in [-0.39, 0.29) is 23.8 Å². The van der Waals surface area contributed by atoms with Crippen LogP contribution in [-0.2, 0) is 16.0 Å². The Kier molecular flexibility index (Phi) is 7.42. The molecule has 0 saturated heterocycles. The van der Waals surface area contributed by atoms with Gasteiger partial charge < -0.3 is 15.4 Å². The highest BCUT2D eigenvalue weighted by Gasteiger charge is 2.33. The lowest BCUT2D eigenvalue weighted by Crippen LogP contribution is -2.51. The number of carbonyl (C=O) groups excluding carboxylic acids is 3. The van der Waals surface area contributed by atoms with Gasteiger partial charge >= 0.3 is 0 Å². The molecule has 1 aliphatic rings. The van der Waals surface area contributed by atoms with Crippen molar-refractivity contribution in [1.82, 2.24) is 10.6 Å². The molecular formula is C23H25ClN2O3. The van der Waals surface area contributed by atoms with Gasteiger partial charge in [0.1, 0.15) is 6.29 Å². The van der Waals surface area contributed by atoms with E-state index in [9.17, 15) is 14.4 Å². The minimum Gasteiger partial charge on any atom is -0.349 e. The van der Waals surface area contributed by atoms with Crippen molar-refractivity contribution < 1.29 is 14.4 Å². The molecule has 0 spiro atoms. The first-order valence-electron chi connectivity index (χ1n) is 9.93. The number of benzene rings is 2. The fraction of sp³-hybridized carbons (Fsp3) is 0.348. The van der Waals surface area contributed by atoms with Crippen molar-refractivity contribution in [2.24, 2.45) is 5.92 Å². The minimum absolute atomic E-state index is 0.181. The maximum Gasteiger partial charge on any atom is 0.251 e. The third-order valence-electron chi connectivity index (χ3n) is 5.32. The van der Waals surface area contributed by atoms with Crippen LogP contribution in [0.15, 0.2) is 54.6 Å². The van der Waals surface area contributed by atoms with Gasteiger partial charge in [-0.05, 0) is 49.1 Å². The van der Waals surface area contributed by atoms with Crippen molar-refractivity contribution in [1.29, 1.82) is 0 Å². The summed E-state index contributed by atoms with van der Waals surface area (Å²) in [4.78, 5) is 37.0. The molecular weight excluding hydrogens is 388 g/mol. The van der Waals surface area contributed by atoms with Crippen LogP contribution in [0.5, 0.6) is 0 Å². The predicted molar refractivity (Wildman–Crippen MR) is 113 cm³/mol. The zero-order chi connectivity index (χ0) is 20.6. The van der Waals surface area contributed by atoms with Crippen molar-refractivity contribution in [3.63, 3.8) is 0 Å². The Morgan fingerprint density at radius 3 is 2.41 bits per heavy atom. The van der Waals surface area contributed by atoms with E-state index >= 15 is 0 Å².